The minimum atomic E-state index is 0.0606. The Labute approximate surface area is 134 Å². The third kappa shape index (κ3) is 5.27. The first-order valence-electron chi connectivity index (χ1n) is 7.83. The quantitative estimate of drug-likeness (QED) is 0.748. The number of hydrogen-bond acceptors (Lipinski definition) is 2. The Morgan fingerprint density at radius 1 is 1.23 bits per heavy atom. The van der Waals surface area contributed by atoms with Crippen LogP contribution in [0.5, 0.6) is 0 Å². The third-order valence-corrected chi connectivity index (χ3v) is 4.17. The van der Waals surface area contributed by atoms with Crippen LogP contribution < -0.4 is 0 Å². The minimum Gasteiger partial charge on any atom is -0.392 e. The van der Waals surface area contributed by atoms with Crippen molar-refractivity contribution in [2.75, 3.05) is 6.61 Å². The lowest BCUT2D eigenvalue weighted by molar-refractivity contribution is -0.116. The van der Waals surface area contributed by atoms with E-state index in [0.717, 1.165) is 28.7 Å². The summed E-state index contributed by atoms with van der Waals surface area (Å²) in [5, 5.41) is 8.80. The lowest BCUT2D eigenvalue weighted by Gasteiger charge is -2.32. The number of ketones is 1. The molecule has 0 spiro atoms. The lowest BCUT2D eigenvalue weighted by Crippen LogP contribution is -2.24. The first kappa shape index (κ1) is 18.4. The van der Waals surface area contributed by atoms with E-state index in [9.17, 15) is 4.79 Å². The zero-order chi connectivity index (χ0) is 16.8. The molecular weight excluding hydrogens is 272 g/mol. The van der Waals surface area contributed by atoms with Crippen LogP contribution in [0.1, 0.15) is 47.5 Å². The Kier molecular flexibility index (Phi) is 6.76. The number of aliphatic hydroxyl groups is 1. The predicted molar refractivity (Wildman–Crippen MR) is 93.6 cm³/mol. The molecule has 0 fully saturated rings. The van der Waals surface area contributed by atoms with E-state index in [-0.39, 0.29) is 17.8 Å². The van der Waals surface area contributed by atoms with Crippen LogP contribution in [-0.2, 0) is 4.79 Å². The number of carbonyl (C=O) groups excluding carboxylic acids is 1. The van der Waals surface area contributed by atoms with E-state index in [2.05, 4.69) is 26.0 Å². The fraction of sp³-hybridized carbons (Fsp3) is 0.450. The number of hydrogen-bond donors (Lipinski definition) is 1. The summed E-state index contributed by atoms with van der Waals surface area (Å²) in [5.41, 5.74) is 4.27. The zero-order valence-corrected chi connectivity index (χ0v) is 14.4. The summed E-state index contributed by atoms with van der Waals surface area (Å²) in [6.07, 6.45) is 13.4. The fourth-order valence-corrected chi connectivity index (χ4v) is 2.59. The first-order valence-corrected chi connectivity index (χ1v) is 7.83. The molecule has 1 aliphatic carbocycles. The molecule has 0 bridgehead atoms. The Hall–Kier alpha value is -1.67. The van der Waals surface area contributed by atoms with Crippen molar-refractivity contribution in [1.82, 2.24) is 0 Å². The average molecular weight is 300 g/mol. The van der Waals surface area contributed by atoms with Crippen molar-refractivity contribution < 1.29 is 9.90 Å². The molecule has 1 rings (SSSR count). The Morgan fingerprint density at radius 3 is 2.55 bits per heavy atom. The van der Waals surface area contributed by atoms with Gasteiger partial charge in [0.2, 0.25) is 0 Å². The highest BCUT2D eigenvalue weighted by Gasteiger charge is 2.30. The Morgan fingerprint density at radius 2 is 1.91 bits per heavy atom. The smallest absolute Gasteiger partial charge is 0.158 e. The SMILES string of the molecule is CC1=C(\C=C/C(C)=C\C=C\C(C)=C\CO)C(C)(C)CCC1=O. The van der Waals surface area contributed by atoms with Gasteiger partial charge in [0.15, 0.2) is 5.78 Å². The zero-order valence-electron chi connectivity index (χ0n) is 14.4. The van der Waals surface area contributed by atoms with Gasteiger partial charge in [-0.3, -0.25) is 4.79 Å². The molecule has 0 aromatic rings. The van der Waals surface area contributed by atoms with Gasteiger partial charge >= 0.3 is 0 Å². The van der Waals surface area contributed by atoms with Crippen LogP contribution in [-0.4, -0.2) is 17.5 Å². The van der Waals surface area contributed by atoms with Crippen LogP contribution >= 0.6 is 0 Å². The van der Waals surface area contributed by atoms with Gasteiger partial charge in [-0.1, -0.05) is 61.4 Å². The molecule has 1 N–H and O–H groups in total. The van der Waals surface area contributed by atoms with E-state index in [4.69, 9.17) is 5.11 Å². The molecular formula is C20H28O2. The van der Waals surface area contributed by atoms with Crippen molar-refractivity contribution in [3.05, 3.63) is 58.7 Å². The summed E-state index contributed by atoms with van der Waals surface area (Å²) in [4.78, 5) is 11.9. The van der Waals surface area contributed by atoms with Gasteiger partial charge in [0.1, 0.15) is 0 Å². The van der Waals surface area contributed by atoms with Crippen molar-refractivity contribution in [1.29, 1.82) is 0 Å². The number of rotatable bonds is 5. The molecule has 0 atom stereocenters. The molecule has 22 heavy (non-hydrogen) atoms. The largest absolute Gasteiger partial charge is 0.392 e. The molecule has 0 radical (unpaired) electrons. The molecule has 0 saturated heterocycles. The summed E-state index contributed by atoms with van der Waals surface area (Å²) in [5.74, 6) is 0.269. The van der Waals surface area contributed by atoms with Gasteiger partial charge in [-0.25, -0.2) is 0 Å². The summed E-state index contributed by atoms with van der Waals surface area (Å²) in [6, 6.07) is 0. The molecule has 0 aromatic heterocycles. The van der Waals surface area contributed by atoms with E-state index in [1.807, 2.05) is 39.0 Å². The monoisotopic (exact) mass is 300 g/mol. The van der Waals surface area contributed by atoms with Crippen LogP contribution in [0.3, 0.4) is 0 Å². The van der Waals surface area contributed by atoms with Crippen molar-refractivity contribution in [3.8, 4) is 0 Å². The van der Waals surface area contributed by atoms with Crippen molar-refractivity contribution >= 4 is 5.78 Å². The van der Waals surface area contributed by atoms with Crippen LogP contribution in [0.15, 0.2) is 58.7 Å². The number of carbonyl (C=O) groups is 1. The van der Waals surface area contributed by atoms with Gasteiger partial charge in [0, 0.05) is 6.42 Å². The summed E-state index contributed by atoms with van der Waals surface area (Å²) >= 11 is 0. The summed E-state index contributed by atoms with van der Waals surface area (Å²) in [7, 11) is 0. The van der Waals surface area contributed by atoms with E-state index in [0.29, 0.717) is 6.42 Å². The topological polar surface area (TPSA) is 37.3 Å². The Bertz CT molecular complexity index is 567. The van der Waals surface area contributed by atoms with Crippen LogP contribution in [0.2, 0.25) is 0 Å². The Balaban J connectivity index is 2.88. The maximum Gasteiger partial charge on any atom is 0.158 e. The highest BCUT2D eigenvalue weighted by molar-refractivity contribution is 5.97. The van der Waals surface area contributed by atoms with Crippen LogP contribution in [0.25, 0.3) is 0 Å². The second-order valence-corrected chi connectivity index (χ2v) is 6.58. The van der Waals surface area contributed by atoms with Gasteiger partial charge in [-0.15, -0.1) is 0 Å². The highest BCUT2D eigenvalue weighted by Crippen LogP contribution is 2.39. The molecule has 0 amide bonds. The molecule has 120 valence electrons. The molecule has 0 heterocycles. The van der Waals surface area contributed by atoms with Gasteiger partial charge in [-0.2, -0.15) is 0 Å². The van der Waals surface area contributed by atoms with Crippen molar-refractivity contribution in [2.45, 2.75) is 47.5 Å². The standard InChI is InChI=1S/C20H28O2/c1-15(7-6-8-16(2)12-14-21)9-10-18-17(3)19(22)11-13-20(18,4)5/h6-10,12,21H,11,13-14H2,1-5H3/b8-6+,10-9-,15-7-,16-12+. The van der Waals surface area contributed by atoms with E-state index < -0.39 is 0 Å². The van der Waals surface area contributed by atoms with Gasteiger partial charge in [0.25, 0.3) is 0 Å². The lowest BCUT2D eigenvalue weighted by atomic mass is 9.72. The first-order chi connectivity index (χ1) is 10.3. The molecule has 0 unspecified atom stereocenters. The van der Waals surface area contributed by atoms with Crippen molar-refractivity contribution in [2.24, 2.45) is 5.41 Å². The molecule has 2 nitrogen and oxygen atoms in total. The molecule has 0 aromatic carbocycles. The minimum absolute atomic E-state index is 0.0606. The van der Waals surface area contributed by atoms with Gasteiger partial charge < -0.3 is 5.11 Å². The maximum atomic E-state index is 11.9. The molecule has 2 heteroatoms. The molecule has 1 aliphatic rings. The van der Waals surface area contributed by atoms with Gasteiger partial charge in [-0.05, 0) is 43.8 Å². The third-order valence-electron chi connectivity index (χ3n) is 4.17. The number of aliphatic hydroxyl groups excluding tert-OH is 1. The van der Waals surface area contributed by atoms with Crippen LogP contribution in [0, 0.1) is 5.41 Å². The van der Waals surface area contributed by atoms with Crippen LogP contribution in [0.4, 0.5) is 0 Å². The fourth-order valence-electron chi connectivity index (χ4n) is 2.59. The second-order valence-electron chi connectivity index (χ2n) is 6.58. The number of allylic oxidation sites excluding steroid dienone is 9. The number of Topliss-reactive ketones (excluding diaryl/α,β-unsaturated/α-hetero) is 1. The average Bonchev–Trinajstić information content (AvgIpc) is 2.43. The second kappa shape index (κ2) is 8.09. The van der Waals surface area contributed by atoms with E-state index >= 15 is 0 Å². The summed E-state index contributed by atoms with van der Waals surface area (Å²) < 4.78 is 0. The van der Waals surface area contributed by atoms with Crippen molar-refractivity contribution in [3.63, 3.8) is 0 Å². The molecule has 0 aliphatic heterocycles. The maximum absolute atomic E-state index is 11.9. The molecule has 0 saturated carbocycles. The van der Waals surface area contributed by atoms with Gasteiger partial charge in [0.05, 0.1) is 6.61 Å². The summed E-state index contributed by atoms with van der Waals surface area (Å²) in [6.45, 7) is 10.4. The predicted octanol–water partition coefficient (Wildman–Crippen LogP) is 4.69. The normalized spacial score (nSPS) is 20.5. The van der Waals surface area contributed by atoms with E-state index in [1.165, 1.54) is 0 Å². The highest BCUT2D eigenvalue weighted by atomic mass is 16.2. The van der Waals surface area contributed by atoms with E-state index in [1.54, 1.807) is 6.08 Å².